The summed E-state index contributed by atoms with van der Waals surface area (Å²) in [5.41, 5.74) is -0.737. The van der Waals surface area contributed by atoms with E-state index in [1.54, 1.807) is 7.05 Å². The fourth-order valence-corrected chi connectivity index (χ4v) is 4.42. The van der Waals surface area contributed by atoms with E-state index in [2.05, 4.69) is 5.32 Å². The highest BCUT2D eigenvalue weighted by Crippen LogP contribution is 2.59. The van der Waals surface area contributed by atoms with Crippen molar-refractivity contribution < 1.29 is 28.6 Å². The van der Waals surface area contributed by atoms with Crippen molar-refractivity contribution in [2.75, 3.05) is 14.2 Å². The third-order valence-electron chi connectivity index (χ3n) is 6.30. The van der Waals surface area contributed by atoms with Crippen LogP contribution in [0, 0.1) is 29.1 Å². The Bertz CT molecular complexity index is 573. The summed E-state index contributed by atoms with van der Waals surface area (Å²) in [7, 11) is 3.10. The Balaban J connectivity index is 1.81. The number of carbonyl (C=O) groups is 3. The molecule has 24 heavy (non-hydrogen) atoms. The van der Waals surface area contributed by atoms with Crippen molar-refractivity contribution in [2.24, 2.45) is 29.1 Å². The Morgan fingerprint density at radius 2 is 2.00 bits per heavy atom. The zero-order valence-corrected chi connectivity index (χ0v) is 14.7. The Morgan fingerprint density at radius 1 is 1.33 bits per heavy atom. The molecule has 2 aliphatic carbocycles. The number of ether oxygens (including phenoxy) is 3. The predicted molar refractivity (Wildman–Crippen MR) is 82.7 cm³/mol. The summed E-state index contributed by atoms with van der Waals surface area (Å²) in [4.78, 5) is 36.9. The van der Waals surface area contributed by atoms with Crippen LogP contribution in [-0.2, 0) is 28.6 Å². The van der Waals surface area contributed by atoms with E-state index in [1.807, 2.05) is 20.8 Å². The monoisotopic (exact) mass is 339 g/mol. The Kier molecular flexibility index (Phi) is 4.10. The van der Waals surface area contributed by atoms with Crippen LogP contribution < -0.4 is 5.32 Å². The predicted octanol–water partition coefficient (Wildman–Crippen LogP) is 0.513. The van der Waals surface area contributed by atoms with E-state index in [0.717, 1.165) is 0 Å². The number of hydrogen-bond acceptors (Lipinski definition) is 7. The van der Waals surface area contributed by atoms with Crippen molar-refractivity contribution in [1.82, 2.24) is 5.32 Å². The van der Waals surface area contributed by atoms with Gasteiger partial charge in [0.15, 0.2) is 0 Å². The lowest BCUT2D eigenvalue weighted by molar-refractivity contribution is -0.174. The molecule has 0 aromatic heterocycles. The van der Waals surface area contributed by atoms with Crippen molar-refractivity contribution in [1.29, 1.82) is 0 Å². The summed E-state index contributed by atoms with van der Waals surface area (Å²) in [6, 6.07) is -0.0844. The first-order valence-electron chi connectivity index (χ1n) is 8.40. The van der Waals surface area contributed by atoms with Gasteiger partial charge in [-0.15, -0.1) is 0 Å². The van der Waals surface area contributed by atoms with Gasteiger partial charge in [-0.1, -0.05) is 0 Å². The Hall–Kier alpha value is -1.63. The molecule has 1 saturated heterocycles. The summed E-state index contributed by atoms with van der Waals surface area (Å²) in [5.74, 6) is -2.45. The van der Waals surface area contributed by atoms with Gasteiger partial charge in [-0.05, 0) is 34.2 Å². The second-order valence-electron chi connectivity index (χ2n) is 7.64. The minimum Gasteiger partial charge on any atom is -0.469 e. The van der Waals surface area contributed by atoms with E-state index in [4.69, 9.17) is 14.2 Å². The molecule has 0 aromatic carbocycles. The number of rotatable bonds is 5. The average molecular weight is 339 g/mol. The molecule has 3 rings (SSSR count). The highest BCUT2D eigenvalue weighted by atomic mass is 16.6. The van der Waals surface area contributed by atoms with Crippen LogP contribution in [0.2, 0.25) is 0 Å². The van der Waals surface area contributed by atoms with Crippen molar-refractivity contribution in [3.8, 4) is 0 Å². The number of fused-ring (bicyclic) bond motifs is 1. The van der Waals surface area contributed by atoms with Crippen LogP contribution >= 0.6 is 0 Å². The van der Waals surface area contributed by atoms with Gasteiger partial charge >= 0.3 is 17.9 Å². The first-order valence-corrected chi connectivity index (χ1v) is 8.40. The quantitative estimate of drug-likeness (QED) is 0.576. The van der Waals surface area contributed by atoms with Crippen LogP contribution in [0.25, 0.3) is 0 Å². The molecule has 0 aromatic rings. The van der Waals surface area contributed by atoms with Gasteiger partial charge in [-0.3, -0.25) is 14.4 Å². The molecule has 2 saturated carbocycles. The molecular formula is C17H25NO6. The molecule has 1 heterocycles. The maximum absolute atomic E-state index is 12.7. The highest BCUT2D eigenvalue weighted by molar-refractivity contribution is 5.86. The Labute approximate surface area is 141 Å². The maximum Gasteiger partial charge on any atom is 0.313 e. The summed E-state index contributed by atoms with van der Waals surface area (Å²) in [5, 5.41) is 3.06. The van der Waals surface area contributed by atoms with Gasteiger partial charge in [0, 0.05) is 17.9 Å². The van der Waals surface area contributed by atoms with E-state index >= 15 is 0 Å². The number of nitrogens with one attached hydrogen (secondary N) is 1. The SMILES string of the molecule is CNC(C)C(C)(C)C(=O)OC1C2CC3C1OC(=O)C3C2C(=O)OC. The summed E-state index contributed by atoms with van der Waals surface area (Å²) < 4.78 is 16.1. The lowest BCUT2D eigenvalue weighted by atomic mass is 9.78. The van der Waals surface area contributed by atoms with E-state index in [9.17, 15) is 14.4 Å². The first kappa shape index (κ1) is 17.2. The van der Waals surface area contributed by atoms with Gasteiger partial charge in [0.2, 0.25) is 0 Å². The number of hydrogen-bond donors (Lipinski definition) is 1. The van der Waals surface area contributed by atoms with Crippen LogP contribution in [0.3, 0.4) is 0 Å². The molecular weight excluding hydrogens is 314 g/mol. The van der Waals surface area contributed by atoms with Crippen molar-refractivity contribution in [3.05, 3.63) is 0 Å². The smallest absolute Gasteiger partial charge is 0.313 e. The molecule has 7 unspecified atom stereocenters. The molecule has 7 nitrogen and oxygen atoms in total. The molecule has 7 atom stereocenters. The van der Waals surface area contributed by atoms with Crippen molar-refractivity contribution >= 4 is 17.9 Å². The topological polar surface area (TPSA) is 90.9 Å². The van der Waals surface area contributed by atoms with Crippen molar-refractivity contribution in [2.45, 2.75) is 45.4 Å². The zero-order chi connectivity index (χ0) is 17.8. The van der Waals surface area contributed by atoms with E-state index in [0.29, 0.717) is 6.42 Å². The minimum absolute atomic E-state index is 0.0609. The number of carbonyl (C=O) groups excluding carboxylic acids is 3. The highest BCUT2D eigenvalue weighted by Gasteiger charge is 2.70. The van der Waals surface area contributed by atoms with Gasteiger partial charge in [-0.25, -0.2) is 0 Å². The van der Waals surface area contributed by atoms with Crippen molar-refractivity contribution in [3.63, 3.8) is 0 Å². The lowest BCUT2D eigenvalue weighted by Gasteiger charge is -2.34. The third-order valence-corrected chi connectivity index (χ3v) is 6.30. The third kappa shape index (κ3) is 2.24. The summed E-state index contributed by atoms with van der Waals surface area (Å²) >= 11 is 0. The van der Waals surface area contributed by atoms with Gasteiger partial charge in [-0.2, -0.15) is 0 Å². The molecule has 0 radical (unpaired) electrons. The van der Waals surface area contributed by atoms with E-state index in [-0.39, 0.29) is 29.8 Å². The molecule has 3 aliphatic rings. The molecule has 1 N–H and O–H groups in total. The summed E-state index contributed by atoms with van der Waals surface area (Å²) in [6.07, 6.45) is -0.350. The van der Waals surface area contributed by atoms with E-state index in [1.165, 1.54) is 7.11 Å². The molecule has 2 bridgehead atoms. The van der Waals surface area contributed by atoms with Gasteiger partial charge in [0.05, 0.1) is 24.4 Å². The Morgan fingerprint density at radius 3 is 2.58 bits per heavy atom. The zero-order valence-electron chi connectivity index (χ0n) is 14.7. The molecule has 0 amide bonds. The maximum atomic E-state index is 12.7. The molecule has 134 valence electrons. The van der Waals surface area contributed by atoms with Gasteiger partial charge < -0.3 is 19.5 Å². The van der Waals surface area contributed by atoms with Crippen LogP contribution in [0.1, 0.15) is 27.2 Å². The van der Waals surface area contributed by atoms with Crippen LogP contribution in [0.4, 0.5) is 0 Å². The van der Waals surface area contributed by atoms with Gasteiger partial charge in [0.1, 0.15) is 12.2 Å². The normalized spacial score (nSPS) is 38.0. The average Bonchev–Trinajstić information content (AvgIpc) is 3.16. The molecule has 7 heteroatoms. The van der Waals surface area contributed by atoms with E-state index < -0.39 is 35.4 Å². The number of esters is 3. The fraction of sp³-hybridized carbons (Fsp3) is 0.824. The fourth-order valence-electron chi connectivity index (χ4n) is 4.42. The van der Waals surface area contributed by atoms with Crippen LogP contribution in [0.15, 0.2) is 0 Å². The molecule has 3 fully saturated rings. The first-order chi connectivity index (χ1) is 11.2. The second-order valence-corrected chi connectivity index (χ2v) is 7.64. The van der Waals surface area contributed by atoms with Crippen LogP contribution in [0.5, 0.6) is 0 Å². The molecule has 1 aliphatic heterocycles. The molecule has 0 spiro atoms. The lowest BCUT2D eigenvalue weighted by Crippen LogP contribution is -2.49. The van der Waals surface area contributed by atoms with Crippen LogP contribution in [-0.4, -0.2) is 50.3 Å². The standard InChI is InChI=1S/C17H25NO6/c1-7(18-4)17(2,3)16(21)24-13-8-6-9-11(10(8)14(19)22-5)15(20)23-12(9)13/h7-13,18H,6H2,1-5H3. The van der Waals surface area contributed by atoms with Gasteiger partial charge in [0.25, 0.3) is 0 Å². The number of methoxy groups -OCH3 is 1. The summed E-state index contributed by atoms with van der Waals surface area (Å²) in [6.45, 7) is 5.53. The second kappa shape index (κ2) is 5.72. The largest absolute Gasteiger partial charge is 0.469 e. The minimum atomic E-state index is -0.737.